The van der Waals surface area contributed by atoms with Gasteiger partial charge in [-0.3, -0.25) is 9.59 Å². The van der Waals surface area contributed by atoms with Crippen LogP contribution >= 0.6 is 0 Å². The molecule has 1 saturated heterocycles. The highest BCUT2D eigenvalue weighted by atomic mass is 19.1. The first-order valence-corrected chi connectivity index (χ1v) is 10.6. The number of carbonyl (C=O) groups excluding carboxylic acids is 2. The van der Waals surface area contributed by atoms with E-state index >= 15 is 0 Å². The molecule has 32 heavy (non-hydrogen) atoms. The van der Waals surface area contributed by atoms with E-state index in [9.17, 15) is 18.4 Å². The first-order chi connectivity index (χ1) is 15.5. The van der Waals surface area contributed by atoms with E-state index in [-0.39, 0.29) is 36.6 Å². The normalized spacial score (nSPS) is 18.2. The van der Waals surface area contributed by atoms with Crippen LogP contribution in [0.2, 0.25) is 0 Å². The molecule has 0 spiro atoms. The number of nitrogens with zero attached hydrogens (tertiary/aromatic N) is 1. The molecule has 4 rings (SSSR count). The molecule has 6 heteroatoms. The molecular formula is C26H24F2N2O2. The largest absolute Gasteiger partial charge is 0.352 e. The van der Waals surface area contributed by atoms with Crippen molar-refractivity contribution in [3.8, 4) is 0 Å². The third-order valence-corrected chi connectivity index (χ3v) is 5.83. The van der Waals surface area contributed by atoms with Crippen molar-refractivity contribution < 1.29 is 18.4 Å². The lowest BCUT2D eigenvalue weighted by molar-refractivity contribution is -0.126. The summed E-state index contributed by atoms with van der Waals surface area (Å²) in [5.41, 5.74) is 2.12. The number of carbonyl (C=O) groups is 2. The van der Waals surface area contributed by atoms with Gasteiger partial charge in [0.15, 0.2) is 0 Å². The Morgan fingerprint density at radius 3 is 2.34 bits per heavy atom. The predicted octanol–water partition coefficient (Wildman–Crippen LogP) is 4.53. The number of nitrogens with one attached hydrogen (secondary N) is 1. The van der Waals surface area contributed by atoms with Crippen molar-refractivity contribution >= 4 is 11.8 Å². The molecule has 3 aromatic rings. The van der Waals surface area contributed by atoms with Crippen LogP contribution in [0.5, 0.6) is 0 Å². The summed E-state index contributed by atoms with van der Waals surface area (Å²) in [5.74, 6) is -1.57. The lowest BCUT2D eigenvalue weighted by Gasteiger charge is -2.37. The van der Waals surface area contributed by atoms with Crippen LogP contribution in [0, 0.1) is 17.6 Å². The second-order valence-electron chi connectivity index (χ2n) is 8.10. The highest BCUT2D eigenvalue weighted by Crippen LogP contribution is 2.31. The second kappa shape index (κ2) is 9.73. The van der Waals surface area contributed by atoms with E-state index in [1.54, 1.807) is 17.0 Å². The Labute approximate surface area is 185 Å². The highest BCUT2D eigenvalue weighted by molar-refractivity contribution is 5.94. The van der Waals surface area contributed by atoms with Crippen molar-refractivity contribution in [2.45, 2.75) is 18.9 Å². The molecule has 1 N–H and O–H groups in total. The van der Waals surface area contributed by atoms with E-state index in [4.69, 9.17) is 0 Å². The summed E-state index contributed by atoms with van der Waals surface area (Å²) < 4.78 is 26.7. The number of hydrogen-bond acceptors (Lipinski definition) is 2. The molecule has 1 aliphatic heterocycles. The number of rotatable bonds is 5. The molecule has 3 aromatic carbocycles. The van der Waals surface area contributed by atoms with Gasteiger partial charge in [0.05, 0.1) is 5.92 Å². The molecule has 2 atom stereocenters. The van der Waals surface area contributed by atoms with E-state index in [1.807, 2.05) is 30.3 Å². The smallest absolute Gasteiger partial charge is 0.253 e. The minimum absolute atomic E-state index is 0.000678. The molecule has 0 aromatic heterocycles. The van der Waals surface area contributed by atoms with Gasteiger partial charge < -0.3 is 10.2 Å². The topological polar surface area (TPSA) is 49.4 Å². The Morgan fingerprint density at radius 2 is 1.62 bits per heavy atom. The molecule has 0 saturated carbocycles. The van der Waals surface area contributed by atoms with Crippen LogP contribution in [0.1, 0.15) is 33.8 Å². The van der Waals surface area contributed by atoms with Gasteiger partial charge in [0.1, 0.15) is 11.6 Å². The molecule has 0 aliphatic carbocycles. The maximum absolute atomic E-state index is 13.4. The monoisotopic (exact) mass is 434 g/mol. The number of likely N-dealkylation sites (tertiary alicyclic amines) is 1. The van der Waals surface area contributed by atoms with E-state index in [0.29, 0.717) is 24.1 Å². The van der Waals surface area contributed by atoms with Crippen molar-refractivity contribution in [3.63, 3.8) is 0 Å². The second-order valence-corrected chi connectivity index (χ2v) is 8.10. The SMILES string of the molecule is O=C(NCc1cccc(F)c1)[C@H]1C[C@H](c2ccccc2)CN(C(=O)c2ccc(F)cc2)C1. The summed E-state index contributed by atoms with van der Waals surface area (Å²) in [4.78, 5) is 27.8. The molecule has 2 amide bonds. The highest BCUT2D eigenvalue weighted by Gasteiger charge is 2.34. The van der Waals surface area contributed by atoms with Gasteiger partial charge in [-0.2, -0.15) is 0 Å². The molecule has 1 heterocycles. The Bertz CT molecular complexity index is 1090. The van der Waals surface area contributed by atoms with Crippen molar-refractivity contribution in [3.05, 3.63) is 107 Å². The van der Waals surface area contributed by atoms with Crippen molar-refractivity contribution in [2.24, 2.45) is 5.92 Å². The molecule has 0 radical (unpaired) electrons. The lowest BCUT2D eigenvalue weighted by Crippen LogP contribution is -2.48. The van der Waals surface area contributed by atoms with Gasteiger partial charge in [-0.25, -0.2) is 8.78 Å². The average Bonchev–Trinajstić information content (AvgIpc) is 2.83. The number of piperidine rings is 1. The zero-order valence-electron chi connectivity index (χ0n) is 17.5. The van der Waals surface area contributed by atoms with Gasteiger partial charge in [-0.15, -0.1) is 0 Å². The average molecular weight is 434 g/mol. The molecular weight excluding hydrogens is 410 g/mol. The van der Waals surface area contributed by atoms with Crippen molar-refractivity contribution in [2.75, 3.05) is 13.1 Å². The zero-order chi connectivity index (χ0) is 22.5. The molecule has 0 bridgehead atoms. The van der Waals surface area contributed by atoms with Gasteiger partial charge >= 0.3 is 0 Å². The minimum atomic E-state index is -0.410. The number of hydrogen-bond donors (Lipinski definition) is 1. The summed E-state index contributed by atoms with van der Waals surface area (Å²) >= 11 is 0. The van der Waals surface area contributed by atoms with Crippen LogP contribution in [0.3, 0.4) is 0 Å². The van der Waals surface area contributed by atoms with Gasteiger partial charge in [0.25, 0.3) is 5.91 Å². The molecule has 164 valence electrons. The predicted molar refractivity (Wildman–Crippen MR) is 118 cm³/mol. The van der Waals surface area contributed by atoms with E-state index in [0.717, 1.165) is 5.56 Å². The van der Waals surface area contributed by atoms with Crippen molar-refractivity contribution in [1.82, 2.24) is 10.2 Å². The molecule has 0 unspecified atom stereocenters. The Morgan fingerprint density at radius 1 is 0.875 bits per heavy atom. The fourth-order valence-electron chi connectivity index (χ4n) is 4.18. The fourth-order valence-corrected chi connectivity index (χ4v) is 4.18. The number of amides is 2. The van der Waals surface area contributed by atoms with Crippen LogP contribution in [-0.4, -0.2) is 29.8 Å². The summed E-state index contributed by atoms with van der Waals surface area (Å²) in [7, 11) is 0. The van der Waals surface area contributed by atoms with Gasteiger partial charge in [-0.1, -0.05) is 42.5 Å². The van der Waals surface area contributed by atoms with Gasteiger partial charge in [0.2, 0.25) is 5.91 Å². The van der Waals surface area contributed by atoms with Gasteiger partial charge in [0, 0.05) is 31.1 Å². The molecule has 4 nitrogen and oxygen atoms in total. The van der Waals surface area contributed by atoms with Crippen LogP contribution in [0.15, 0.2) is 78.9 Å². The summed E-state index contributed by atoms with van der Waals surface area (Å²) in [6.07, 6.45) is 0.603. The van der Waals surface area contributed by atoms with E-state index in [2.05, 4.69) is 5.32 Å². The van der Waals surface area contributed by atoms with Crippen LogP contribution in [0.25, 0.3) is 0 Å². The summed E-state index contributed by atoms with van der Waals surface area (Å²) in [6, 6.07) is 21.3. The van der Waals surface area contributed by atoms with Crippen LogP contribution < -0.4 is 5.32 Å². The van der Waals surface area contributed by atoms with E-state index in [1.165, 1.54) is 36.4 Å². The third-order valence-electron chi connectivity index (χ3n) is 5.83. The van der Waals surface area contributed by atoms with Gasteiger partial charge in [-0.05, 0) is 53.9 Å². The van der Waals surface area contributed by atoms with E-state index < -0.39 is 11.7 Å². The fraction of sp³-hybridized carbons (Fsp3) is 0.231. The quantitative estimate of drug-likeness (QED) is 0.642. The summed E-state index contributed by atoms with van der Waals surface area (Å²) in [5, 5.41) is 2.88. The van der Waals surface area contributed by atoms with Crippen LogP contribution in [0.4, 0.5) is 8.78 Å². The Kier molecular flexibility index (Phi) is 6.59. The zero-order valence-corrected chi connectivity index (χ0v) is 17.5. The van der Waals surface area contributed by atoms with Crippen LogP contribution in [-0.2, 0) is 11.3 Å². The number of halogens is 2. The Hall–Kier alpha value is -3.54. The molecule has 1 fully saturated rings. The maximum atomic E-state index is 13.4. The minimum Gasteiger partial charge on any atom is -0.352 e. The first kappa shape index (κ1) is 21.7. The Balaban J connectivity index is 1.51. The maximum Gasteiger partial charge on any atom is 0.253 e. The summed E-state index contributed by atoms with van der Waals surface area (Å²) in [6.45, 7) is 0.970. The standard InChI is InChI=1S/C26H24F2N2O2/c27-23-11-9-20(10-12-23)26(32)30-16-21(19-6-2-1-3-7-19)14-22(17-30)25(31)29-15-18-5-4-8-24(28)13-18/h1-13,21-22H,14-17H2,(H,29,31)/t21-,22-/m0/s1. The third kappa shape index (κ3) is 5.19. The number of benzene rings is 3. The first-order valence-electron chi connectivity index (χ1n) is 10.6. The molecule has 1 aliphatic rings. The lowest BCUT2D eigenvalue weighted by atomic mass is 9.83. The van der Waals surface area contributed by atoms with Crippen molar-refractivity contribution in [1.29, 1.82) is 0 Å².